The van der Waals surface area contributed by atoms with Crippen molar-refractivity contribution in [2.75, 3.05) is 11.5 Å². The number of para-hydroxylation sites is 1. The summed E-state index contributed by atoms with van der Waals surface area (Å²) in [5.41, 5.74) is 6.94. The van der Waals surface area contributed by atoms with Crippen LogP contribution in [0, 0.1) is 13.8 Å². The van der Waals surface area contributed by atoms with Gasteiger partial charge in [0.05, 0.1) is 18.0 Å². The van der Waals surface area contributed by atoms with Crippen LogP contribution in [0.15, 0.2) is 46.9 Å². The molecule has 0 fully saturated rings. The van der Waals surface area contributed by atoms with Crippen LogP contribution in [0.3, 0.4) is 0 Å². The van der Waals surface area contributed by atoms with E-state index < -0.39 is 0 Å². The third-order valence-electron chi connectivity index (χ3n) is 5.09. The van der Waals surface area contributed by atoms with E-state index in [0.29, 0.717) is 0 Å². The molecule has 3 heteroatoms. The molecule has 1 aromatic heterocycles. The second kappa shape index (κ2) is 5.80. The minimum atomic E-state index is 0.765. The molecule has 0 saturated heterocycles. The topological polar surface area (TPSA) is 25.6 Å². The lowest BCUT2D eigenvalue weighted by Gasteiger charge is -2.29. The largest absolute Gasteiger partial charge is 0.491 e. The molecule has 26 heavy (non-hydrogen) atoms. The lowest BCUT2D eigenvalue weighted by Crippen LogP contribution is -2.16. The van der Waals surface area contributed by atoms with Gasteiger partial charge in [0.15, 0.2) is 0 Å². The molecule has 0 N–H and O–H groups in total. The highest BCUT2D eigenvalue weighted by Gasteiger charge is 2.27. The summed E-state index contributed by atoms with van der Waals surface area (Å²) in [6, 6.07) is 15.0. The summed E-state index contributed by atoms with van der Waals surface area (Å²) in [6.07, 6.45) is 6.44. The normalized spacial score (nSPS) is 14.9. The van der Waals surface area contributed by atoms with Crippen molar-refractivity contribution in [1.82, 2.24) is 0 Å². The van der Waals surface area contributed by atoms with Gasteiger partial charge < -0.3 is 9.15 Å². The number of nitrogens with zero attached hydrogens (tertiary/aromatic N) is 1. The number of hydrogen-bond donors (Lipinski definition) is 0. The molecule has 0 amide bonds. The zero-order valence-electron chi connectivity index (χ0n) is 15.1. The Bertz CT molecular complexity index is 1030. The first-order chi connectivity index (χ1) is 12.7. The van der Waals surface area contributed by atoms with Gasteiger partial charge in [-0.3, -0.25) is 4.90 Å². The Morgan fingerprint density at radius 3 is 2.73 bits per heavy atom. The fourth-order valence-corrected chi connectivity index (χ4v) is 3.90. The van der Waals surface area contributed by atoms with Crippen LogP contribution >= 0.6 is 0 Å². The van der Waals surface area contributed by atoms with Crippen LogP contribution in [0.5, 0.6) is 5.75 Å². The van der Waals surface area contributed by atoms with Crippen molar-refractivity contribution < 1.29 is 9.15 Å². The molecule has 0 atom stereocenters. The minimum Gasteiger partial charge on any atom is -0.491 e. The highest BCUT2D eigenvalue weighted by Crippen LogP contribution is 2.48. The van der Waals surface area contributed by atoms with Gasteiger partial charge in [-0.05, 0) is 68.2 Å². The Hall–Kier alpha value is -2.94. The van der Waals surface area contributed by atoms with E-state index in [1.165, 1.54) is 16.7 Å². The van der Waals surface area contributed by atoms with Crippen LogP contribution in [0.1, 0.15) is 34.4 Å². The van der Waals surface area contributed by atoms with Crippen molar-refractivity contribution in [2.45, 2.75) is 26.7 Å². The number of ether oxygens (including phenoxy) is 1. The number of furan rings is 1. The molecular weight excluding hydrogens is 322 g/mol. The Balaban J connectivity index is 1.80. The molecule has 5 rings (SSSR count). The zero-order chi connectivity index (χ0) is 17.7. The van der Waals surface area contributed by atoms with Crippen molar-refractivity contribution in [1.29, 1.82) is 0 Å². The summed E-state index contributed by atoms with van der Waals surface area (Å²) < 4.78 is 12.3. The summed E-state index contributed by atoms with van der Waals surface area (Å²) in [4.78, 5) is 2.21. The predicted octanol–water partition coefficient (Wildman–Crippen LogP) is 6.18. The van der Waals surface area contributed by atoms with E-state index >= 15 is 0 Å². The molecule has 3 nitrogen and oxygen atoms in total. The molecule has 0 aliphatic carbocycles. The summed E-state index contributed by atoms with van der Waals surface area (Å²) in [6.45, 7) is 4.88. The quantitative estimate of drug-likeness (QED) is 0.413. The summed E-state index contributed by atoms with van der Waals surface area (Å²) >= 11 is 0. The first-order valence-electron chi connectivity index (χ1n) is 9.15. The number of anilines is 3. The average Bonchev–Trinajstić information content (AvgIpc) is 2.95. The Kier molecular flexibility index (Phi) is 3.42. The van der Waals surface area contributed by atoms with E-state index in [0.717, 1.165) is 53.8 Å². The second-order valence-electron chi connectivity index (χ2n) is 7.07. The molecule has 2 aliphatic rings. The SMILES string of the molecule is Cc1ccc2c(c1)C=Cc1cc(C)oc1N2c1cccc2c1OCCC2. The van der Waals surface area contributed by atoms with E-state index in [-0.39, 0.29) is 0 Å². The van der Waals surface area contributed by atoms with Crippen molar-refractivity contribution in [3.63, 3.8) is 0 Å². The van der Waals surface area contributed by atoms with Gasteiger partial charge in [-0.1, -0.05) is 29.8 Å². The van der Waals surface area contributed by atoms with Crippen molar-refractivity contribution in [2.24, 2.45) is 0 Å². The summed E-state index contributed by atoms with van der Waals surface area (Å²) in [7, 11) is 0. The fraction of sp³-hybridized carbons (Fsp3) is 0.217. The molecule has 3 aromatic rings. The van der Waals surface area contributed by atoms with Gasteiger partial charge in [0, 0.05) is 5.56 Å². The van der Waals surface area contributed by atoms with E-state index in [4.69, 9.17) is 9.15 Å². The number of fused-ring (bicyclic) bond motifs is 3. The smallest absolute Gasteiger partial charge is 0.212 e. The van der Waals surface area contributed by atoms with Crippen LogP contribution in [-0.2, 0) is 6.42 Å². The van der Waals surface area contributed by atoms with Gasteiger partial charge in [0.1, 0.15) is 11.5 Å². The first-order valence-corrected chi connectivity index (χ1v) is 9.15. The lowest BCUT2D eigenvalue weighted by molar-refractivity contribution is 0.289. The van der Waals surface area contributed by atoms with E-state index in [1.807, 2.05) is 6.92 Å². The monoisotopic (exact) mass is 343 g/mol. The number of rotatable bonds is 1. The number of hydrogen-bond acceptors (Lipinski definition) is 3. The number of aryl methyl sites for hydroxylation is 3. The number of benzene rings is 2. The molecule has 0 bridgehead atoms. The maximum absolute atomic E-state index is 6.15. The molecule has 0 unspecified atom stereocenters. The van der Waals surface area contributed by atoms with Gasteiger partial charge in [-0.15, -0.1) is 0 Å². The van der Waals surface area contributed by atoms with Gasteiger partial charge in [-0.2, -0.15) is 0 Å². The molecule has 130 valence electrons. The highest BCUT2D eigenvalue weighted by molar-refractivity contribution is 5.93. The summed E-state index contributed by atoms with van der Waals surface area (Å²) in [5.74, 6) is 2.74. The molecule has 2 aromatic carbocycles. The standard InChI is InChI=1S/C23H21NO2/c1-15-8-11-20-18(13-15)9-10-19-14-16(2)26-23(19)24(20)21-7-3-5-17-6-4-12-25-22(17)21/h3,5,7-11,13-14H,4,6,12H2,1-2H3. The van der Waals surface area contributed by atoms with Crippen molar-refractivity contribution in [3.05, 3.63) is 70.5 Å². The van der Waals surface area contributed by atoms with E-state index in [9.17, 15) is 0 Å². The van der Waals surface area contributed by atoms with E-state index in [2.05, 4.69) is 66.4 Å². The zero-order valence-corrected chi connectivity index (χ0v) is 15.1. The van der Waals surface area contributed by atoms with E-state index in [1.54, 1.807) is 0 Å². The maximum atomic E-state index is 6.15. The van der Waals surface area contributed by atoms with Crippen LogP contribution in [0.2, 0.25) is 0 Å². The van der Waals surface area contributed by atoms with Gasteiger partial charge in [0.25, 0.3) is 0 Å². The average molecular weight is 343 g/mol. The third kappa shape index (κ3) is 2.35. The van der Waals surface area contributed by atoms with Crippen molar-refractivity contribution >= 4 is 29.4 Å². The fourth-order valence-electron chi connectivity index (χ4n) is 3.90. The van der Waals surface area contributed by atoms with Gasteiger partial charge in [-0.25, -0.2) is 0 Å². The predicted molar refractivity (Wildman–Crippen MR) is 106 cm³/mol. The molecular formula is C23H21NO2. The van der Waals surface area contributed by atoms with Crippen LogP contribution in [0.25, 0.3) is 12.2 Å². The molecule has 2 aliphatic heterocycles. The lowest BCUT2D eigenvalue weighted by atomic mass is 10.0. The van der Waals surface area contributed by atoms with Crippen LogP contribution < -0.4 is 9.64 Å². The first kappa shape index (κ1) is 15.3. The molecule has 0 spiro atoms. The Morgan fingerprint density at radius 1 is 0.923 bits per heavy atom. The third-order valence-corrected chi connectivity index (χ3v) is 5.09. The van der Waals surface area contributed by atoms with Crippen LogP contribution in [0.4, 0.5) is 17.3 Å². The molecule has 3 heterocycles. The molecule has 0 radical (unpaired) electrons. The maximum Gasteiger partial charge on any atom is 0.212 e. The Morgan fingerprint density at radius 2 is 1.81 bits per heavy atom. The molecule has 0 saturated carbocycles. The minimum absolute atomic E-state index is 0.765. The summed E-state index contributed by atoms with van der Waals surface area (Å²) in [5, 5.41) is 0. The highest BCUT2D eigenvalue weighted by atomic mass is 16.5. The van der Waals surface area contributed by atoms with Gasteiger partial charge >= 0.3 is 0 Å². The van der Waals surface area contributed by atoms with Gasteiger partial charge in [0.2, 0.25) is 5.88 Å². The van der Waals surface area contributed by atoms with Crippen molar-refractivity contribution in [3.8, 4) is 5.75 Å². The Labute approximate surface area is 153 Å². The second-order valence-corrected chi connectivity index (χ2v) is 7.07. The van der Waals surface area contributed by atoms with Crippen LogP contribution in [-0.4, -0.2) is 6.61 Å².